The molecule has 6 nitrogen and oxygen atoms in total. The summed E-state index contributed by atoms with van der Waals surface area (Å²) >= 11 is 1.81. The Morgan fingerprint density at radius 2 is 2.08 bits per heavy atom. The van der Waals surface area contributed by atoms with Gasteiger partial charge in [-0.15, -0.1) is 11.3 Å². The van der Waals surface area contributed by atoms with Gasteiger partial charge in [0.2, 0.25) is 0 Å². The Morgan fingerprint density at radius 1 is 1.32 bits per heavy atom. The summed E-state index contributed by atoms with van der Waals surface area (Å²) in [5, 5.41) is 6.96. The van der Waals surface area contributed by atoms with Crippen LogP contribution >= 0.6 is 11.3 Å². The third-order valence-electron chi connectivity index (χ3n) is 5.09. The van der Waals surface area contributed by atoms with Crippen LogP contribution in [-0.4, -0.2) is 76.1 Å². The lowest BCUT2D eigenvalue weighted by atomic mass is 9.94. The first kappa shape index (κ1) is 18.5. The number of hydrogen-bond donors (Lipinski definition) is 1. The molecule has 3 heterocycles. The predicted octanol–water partition coefficient (Wildman–Crippen LogP) is 2.03. The molecule has 0 atom stereocenters. The second-order valence-electron chi connectivity index (χ2n) is 6.60. The second-order valence-corrected chi connectivity index (χ2v) is 7.52. The summed E-state index contributed by atoms with van der Waals surface area (Å²) < 4.78 is 11.3. The molecule has 7 heteroatoms. The molecule has 1 aromatic rings. The van der Waals surface area contributed by atoms with Gasteiger partial charge < -0.3 is 24.6 Å². The Bertz CT molecular complexity index is 535. The molecule has 0 amide bonds. The standard InChI is InChI=1S/C18H30N4O2S/c1-3-19-17(20-15-18(23-2)6-12-24-13-7-18)22-10-8-21(9-11-22)16-5-4-14-25-16/h4-5,14H,3,6-13,15H2,1-2H3,(H,19,20). The van der Waals surface area contributed by atoms with Crippen LogP contribution in [0.5, 0.6) is 0 Å². The third kappa shape index (κ3) is 4.65. The van der Waals surface area contributed by atoms with Gasteiger partial charge in [-0.25, -0.2) is 0 Å². The highest BCUT2D eigenvalue weighted by molar-refractivity contribution is 7.14. The van der Waals surface area contributed by atoms with Gasteiger partial charge >= 0.3 is 0 Å². The number of nitrogens with zero attached hydrogens (tertiary/aromatic N) is 3. The zero-order chi connectivity index (χ0) is 17.5. The largest absolute Gasteiger partial charge is 0.381 e. The molecule has 0 unspecified atom stereocenters. The molecule has 2 aliphatic heterocycles. The molecular weight excluding hydrogens is 336 g/mol. The highest BCUT2D eigenvalue weighted by atomic mass is 32.1. The highest BCUT2D eigenvalue weighted by Gasteiger charge is 2.32. The van der Waals surface area contributed by atoms with Gasteiger partial charge in [0, 0.05) is 65.9 Å². The molecule has 1 N–H and O–H groups in total. The second kappa shape index (κ2) is 8.87. The lowest BCUT2D eigenvalue weighted by Gasteiger charge is -2.38. The fraction of sp³-hybridized carbons (Fsp3) is 0.722. The first-order chi connectivity index (χ1) is 12.3. The molecule has 140 valence electrons. The van der Waals surface area contributed by atoms with E-state index in [1.165, 1.54) is 5.00 Å². The van der Waals surface area contributed by atoms with Crippen molar-refractivity contribution >= 4 is 22.3 Å². The van der Waals surface area contributed by atoms with E-state index in [9.17, 15) is 0 Å². The van der Waals surface area contributed by atoms with Gasteiger partial charge in [0.15, 0.2) is 5.96 Å². The van der Waals surface area contributed by atoms with Crippen LogP contribution in [-0.2, 0) is 9.47 Å². The number of aliphatic imine (C=N–C) groups is 1. The van der Waals surface area contributed by atoms with Gasteiger partial charge in [0.05, 0.1) is 17.1 Å². The van der Waals surface area contributed by atoms with Crippen LogP contribution in [0, 0.1) is 0 Å². The summed E-state index contributed by atoms with van der Waals surface area (Å²) in [4.78, 5) is 9.76. The maximum absolute atomic E-state index is 5.82. The smallest absolute Gasteiger partial charge is 0.194 e. The number of nitrogens with one attached hydrogen (secondary N) is 1. The summed E-state index contributed by atoms with van der Waals surface area (Å²) in [6.45, 7) is 9.28. The van der Waals surface area contributed by atoms with E-state index in [0.29, 0.717) is 6.54 Å². The summed E-state index contributed by atoms with van der Waals surface area (Å²) in [6.07, 6.45) is 1.83. The van der Waals surface area contributed by atoms with Gasteiger partial charge in [0.1, 0.15) is 0 Å². The van der Waals surface area contributed by atoms with Crippen molar-refractivity contribution in [3.8, 4) is 0 Å². The number of piperazine rings is 1. The van der Waals surface area contributed by atoms with Crippen LogP contribution in [0.15, 0.2) is 22.5 Å². The van der Waals surface area contributed by atoms with Gasteiger partial charge in [-0.05, 0) is 24.4 Å². The number of thiophene rings is 1. The minimum atomic E-state index is -0.169. The summed E-state index contributed by atoms with van der Waals surface area (Å²) in [5.74, 6) is 1.01. The molecule has 0 saturated carbocycles. The minimum Gasteiger partial charge on any atom is -0.381 e. The van der Waals surface area contributed by atoms with Crippen molar-refractivity contribution < 1.29 is 9.47 Å². The van der Waals surface area contributed by atoms with E-state index in [1.54, 1.807) is 7.11 Å². The molecule has 0 aliphatic carbocycles. The van der Waals surface area contributed by atoms with Crippen LogP contribution in [0.4, 0.5) is 5.00 Å². The summed E-state index contributed by atoms with van der Waals surface area (Å²) in [6, 6.07) is 4.32. The maximum atomic E-state index is 5.82. The number of anilines is 1. The molecule has 25 heavy (non-hydrogen) atoms. The van der Waals surface area contributed by atoms with Crippen LogP contribution < -0.4 is 10.2 Å². The van der Waals surface area contributed by atoms with Gasteiger partial charge in [-0.3, -0.25) is 4.99 Å². The number of methoxy groups -OCH3 is 1. The molecule has 2 aliphatic rings. The topological polar surface area (TPSA) is 49.3 Å². The van der Waals surface area contributed by atoms with E-state index in [-0.39, 0.29) is 5.60 Å². The molecule has 0 bridgehead atoms. The Morgan fingerprint density at radius 3 is 2.68 bits per heavy atom. The molecule has 0 radical (unpaired) electrons. The van der Waals surface area contributed by atoms with Gasteiger partial charge in [-0.2, -0.15) is 0 Å². The third-order valence-corrected chi connectivity index (χ3v) is 6.01. The molecule has 1 aromatic heterocycles. The van der Waals surface area contributed by atoms with E-state index >= 15 is 0 Å². The lowest BCUT2D eigenvalue weighted by Crippen LogP contribution is -2.53. The van der Waals surface area contributed by atoms with Crippen LogP contribution in [0.2, 0.25) is 0 Å². The van der Waals surface area contributed by atoms with Crippen molar-refractivity contribution in [1.82, 2.24) is 10.2 Å². The maximum Gasteiger partial charge on any atom is 0.194 e. The molecular formula is C18H30N4O2S. The van der Waals surface area contributed by atoms with Crippen molar-refractivity contribution in [3.63, 3.8) is 0 Å². The fourth-order valence-electron chi connectivity index (χ4n) is 3.40. The molecule has 2 saturated heterocycles. The highest BCUT2D eigenvalue weighted by Crippen LogP contribution is 2.25. The molecule has 2 fully saturated rings. The molecule has 0 aromatic carbocycles. The predicted molar refractivity (Wildman–Crippen MR) is 104 cm³/mol. The van der Waals surface area contributed by atoms with E-state index in [4.69, 9.17) is 14.5 Å². The molecule has 0 spiro atoms. The SMILES string of the molecule is CCNC(=NCC1(OC)CCOCC1)N1CCN(c2cccs2)CC1. The summed E-state index contributed by atoms with van der Waals surface area (Å²) in [5.41, 5.74) is -0.169. The minimum absolute atomic E-state index is 0.169. The molecule has 3 rings (SSSR count). The van der Waals surface area contributed by atoms with E-state index < -0.39 is 0 Å². The lowest BCUT2D eigenvalue weighted by molar-refractivity contribution is -0.0829. The zero-order valence-corrected chi connectivity index (χ0v) is 16.2. The summed E-state index contributed by atoms with van der Waals surface area (Å²) in [7, 11) is 1.80. The Hall–Kier alpha value is -1.31. The number of ether oxygens (including phenoxy) is 2. The first-order valence-corrected chi connectivity index (χ1v) is 10.1. The van der Waals surface area contributed by atoms with Crippen molar-refractivity contribution in [2.45, 2.75) is 25.4 Å². The van der Waals surface area contributed by atoms with E-state index in [1.807, 2.05) is 11.3 Å². The zero-order valence-electron chi connectivity index (χ0n) is 15.4. The van der Waals surface area contributed by atoms with Crippen molar-refractivity contribution in [2.24, 2.45) is 4.99 Å². The Labute approximate surface area is 154 Å². The van der Waals surface area contributed by atoms with E-state index in [0.717, 1.165) is 64.7 Å². The first-order valence-electron chi connectivity index (χ1n) is 9.21. The number of rotatable bonds is 5. The fourth-order valence-corrected chi connectivity index (χ4v) is 4.19. The van der Waals surface area contributed by atoms with Crippen LogP contribution in [0.25, 0.3) is 0 Å². The monoisotopic (exact) mass is 366 g/mol. The van der Waals surface area contributed by atoms with E-state index in [2.05, 4.69) is 39.6 Å². The Kier molecular flexibility index (Phi) is 6.56. The number of hydrogen-bond acceptors (Lipinski definition) is 5. The average Bonchev–Trinajstić information content (AvgIpc) is 3.21. The van der Waals surface area contributed by atoms with Crippen LogP contribution in [0.3, 0.4) is 0 Å². The normalized spacial score (nSPS) is 21.4. The van der Waals surface area contributed by atoms with Gasteiger partial charge in [0.25, 0.3) is 0 Å². The van der Waals surface area contributed by atoms with Gasteiger partial charge in [-0.1, -0.05) is 0 Å². The van der Waals surface area contributed by atoms with Crippen LogP contribution in [0.1, 0.15) is 19.8 Å². The van der Waals surface area contributed by atoms with Crippen molar-refractivity contribution in [3.05, 3.63) is 17.5 Å². The Balaban J connectivity index is 1.60. The van der Waals surface area contributed by atoms with Crippen molar-refractivity contribution in [2.75, 3.05) is 64.5 Å². The van der Waals surface area contributed by atoms with Crippen molar-refractivity contribution in [1.29, 1.82) is 0 Å². The number of guanidine groups is 1. The average molecular weight is 367 g/mol. The quantitative estimate of drug-likeness (QED) is 0.638.